The predicted molar refractivity (Wildman–Crippen MR) is 71.7 cm³/mol. The number of hydrogen-bond donors (Lipinski definition) is 1. The molecule has 90 valence electrons. The number of hydrogen-bond acceptors (Lipinski definition) is 4. The van der Waals surface area contributed by atoms with Gasteiger partial charge >= 0.3 is 0 Å². The lowest BCUT2D eigenvalue weighted by Crippen LogP contribution is -1.95. The fourth-order valence-corrected chi connectivity index (χ4v) is 2.16. The molecule has 0 aliphatic carbocycles. The van der Waals surface area contributed by atoms with E-state index in [0.29, 0.717) is 16.1 Å². The van der Waals surface area contributed by atoms with E-state index in [0.717, 1.165) is 12.2 Å². The van der Waals surface area contributed by atoms with Crippen LogP contribution in [0.3, 0.4) is 0 Å². The Morgan fingerprint density at radius 3 is 2.82 bits per heavy atom. The lowest BCUT2D eigenvalue weighted by molar-refractivity contribution is 0.467. The number of ether oxygens (including phenoxy) is 1. The van der Waals surface area contributed by atoms with Crippen molar-refractivity contribution in [1.29, 1.82) is 0 Å². The van der Waals surface area contributed by atoms with Crippen LogP contribution in [-0.4, -0.2) is 4.98 Å². The Morgan fingerprint density at radius 2 is 2.18 bits per heavy atom. The molecule has 1 unspecified atom stereocenters. The van der Waals surface area contributed by atoms with Gasteiger partial charge in [-0.3, -0.25) is 0 Å². The van der Waals surface area contributed by atoms with Crippen LogP contribution in [0.15, 0.2) is 30.5 Å². The van der Waals surface area contributed by atoms with E-state index in [1.54, 1.807) is 6.20 Å². The number of aromatic nitrogens is 1. The van der Waals surface area contributed by atoms with E-state index < -0.39 is 0 Å². The van der Waals surface area contributed by atoms with Crippen molar-refractivity contribution in [2.24, 2.45) is 0 Å². The summed E-state index contributed by atoms with van der Waals surface area (Å²) in [7, 11) is 0. The molecule has 0 aliphatic rings. The first kappa shape index (κ1) is 11.9. The zero-order chi connectivity index (χ0) is 12.3. The zero-order valence-corrected chi connectivity index (χ0v) is 10.8. The first-order valence-electron chi connectivity index (χ1n) is 5.68. The van der Waals surface area contributed by atoms with Gasteiger partial charge in [-0.25, -0.2) is 4.98 Å². The highest BCUT2D eigenvalue weighted by molar-refractivity contribution is 7.17. The van der Waals surface area contributed by atoms with Crippen LogP contribution < -0.4 is 10.5 Å². The van der Waals surface area contributed by atoms with Crippen molar-refractivity contribution in [2.75, 3.05) is 5.73 Å². The molecule has 0 aliphatic heterocycles. The van der Waals surface area contributed by atoms with Gasteiger partial charge in [0.15, 0.2) is 0 Å². The van der Waals surface area contributed by atoms with Gasteiger partial charge in [0.25, 0.3) is 5.19 Å². The minimum atomic E-state index is 0.475. The molecule has 0 spiro atoms. The largest absolute Gasteiger partial charge is 0.431 e. The van der Waals surface area contributed by atoms with Gasteiger partial charge in [0, 0.05) is 0 Å². The third-order valence-electron chi connectivity index (χ3n) is 2.76. The van der Waals surface area contributed by atoms with Crippen LogP contribution in [0.1, 0.15) is 31.7 Å². The molecule has 2 aromatic rings. The van der Waals surface area contributed by atoms with Crippen LogP contribution in [0, 0.1) is 0 Å². The highest BCUT2D eigenvalue weighted by Gasteiger charge is 2.11. The molecule has 1 aromatic carbocycles. The number of nitrogen functional groups attached to an aromatic ring is 1. The van der Waals surface area contributed by atoms with E-state index in [4.69, 9.17) is 10.5 Å². The molecule has 1 aromatic heterocycles. The molecule has 1 atom stereocenters. The second kappa shape index (κ2) is 5.19. The van der Waals surface area contributed by atoms with Crippen LogP contribution in [-0.2, 0) is 0 Å². The summed E-state index contributed by atoms with van der Waals surface area (Å²) in [6.45, 7) is 4.36. The normalized spacial score (nSPS) is 12.4. The van der Waals surface area contributed by atoms with Gasteiger partial charge in [-0.05, 0) is 24.0 Å². The predicted octanol–water partition coefficient (Wildman–Crippen LogP) is 4.03. The molecule has 0 amide bonds. The van der Waals surface area contributed by atoms with Crippen LogP contribution in [0.5, 0.6) is 10.9 Å². The first-order valence-corrected chi connectivity index (χ1v) is 6.50. The Labute approximate surface area is 105 Å². The average Bonchev–Trinajstić information content (AvgIpc) is 2.74. The Kier molecular flexibility index (Phi) is 3.64. The zero-order valence-electron chi connectivity index (χ0n) is 10.0. The Bertz CT molecular complexity index is 496. The van der Waals surface area contributed by atoms with Crippen molar-refractivity contribution in [3.63, 3.8) is 0 Å². The van der Waals surface area contributed by atoms with E-state index in [1.165, 1.54) is 16.9 Å². The summed E-state index contributed by atoms with van der Waals surface area (Å²) in [4.78, 5) is 4.11. The van der Waals surface area contributed by atoms with Crippen LogP contribution >= 0.6 is 11.3 Å². The van der Waals surface area contributed by atoms with Crippen LogP contribution in [0.2, 0.25) is 0 Å². The van der Waals surface area contributed by atoms with Crippen molar-refractivity contribution < 1.29 is 4.74 Å². The topological polar surface area (TPSA) is 48.1 Å². The van der Waals surface area contributed by atoms with E-state index >= 15 is 0 Å². The Balaban J connectivity index is 2.26. The van der Waals surface area contributed by atoms with Gasteiger partial charge in [-0.15, -0.1) is 0 Å². The molecule has 3 nitrogen and oxygen atoms in total. The van der Waals surface area contributed by atoms with Crippen LogP contribution in [0.25, 0.3) is 0 Å². The monoisotopic (exact) mass is 248 g/mol. The first-order chi connectivity index (χ1) is 8.20. The Morgan fingerprint density at radius 1 is 1.41 bits per heavy atom. The number of anilines is 1. The molecule has 1 heterocycles. The van der Waals surface area contributed by atoms with Gasteiger partial charge in [-0.2, -0.15) is 0 Å². The van der Waals surface area contributed by atoms with Gasteiger partial charge in [0.1, 0.15) is 10.8 Å². The molecular weight excluding hydrogens is 232 g/mol. The molecule has 0 bridgehead atoms. The van der Waals surface area contributed by atoms with Crippen molar-refractivity contribution in [1.82, 2.24) is 4.98 Å². The van der Waals surface area contributed by atoms with Gasteiger partial charge in [-0.1, -0.05) is 43.4 Å². The molecule has 0 saturated carbocycles. The number of thiazole rings is 1. The standard InChI is InChI=1S/C13H16N2OS/c1-3-9(2)10-6-4-5-7-11(10)16-13-15-8-12(14)17-13/h4-9H,3,14H2,1-2H3. The lowest BCUT2D eigenvalue weighted by Gasteiger charge is -2.13. The minimum Gasteiger partial charge on any atom is -0.431 e. The van der Waals surface area contributed by atoms with Crippen LogP contribution in [0.4, 0.5) is 5.00 Å². The van der Waals surface area contributed by atoms with E-state index in [1.807, 2.05) is 18.2 Å². The third-order valence-corrected chi connectivity index (χ3v) is 3.47. The molecular formula is C13H16N2OS. The molecule has 0 fully saturated rings. The number of para-hydroxylation sites is 1. The van der Waals surface area contributed by atoms with Crippen molar-refractivity contribution >= 4 is 16.3 Å². The number of nitrogens with two attached hydrogens (primary N) is 1. The maximum atomic E-state index is 5.78. The summed E-state index contributed by atoms with van der Waals surface area (Å²) < 4.78 is 5.78. The van der Waals surface area contributed by atoms with Gasteiger partial charge in [0.2, 0.25) is 0 Å². The van der Waals surface area contributed by atoms with E-state index in [9.17, 15) is 0 Å². The maximum absolute atomic E-state index is 5.78. The van der Waals surface area contributed by atoms with E-state index in [2.05, 4.69) is 24.9 Å². The highest BCUT2D eigenvalue weighted by Crippen LogP contribution is 2.34. The summed E-state index contributed by atoms with van der Waals surface area (Å²) in [6, 6.07) is 8.07. The second-order valence-electron chi connectivity index (χ2n) is 3.98. The average molecular weight is 248 g/mol. The minimum absolute atomic E-state index is 0.475. The van der Waals surface area contributed by atoms with E-state index in [-0.39, 0.29) is 0 Å². The molecule has 4 heteroatoms. The molecule has 0 saturated heterocycles. The Hall–Kier alpha value is -1.55. The molecule has 17 heavy (non-hydrogen) atoms. The molecule has 2 rings (SSSR count). The SMILES string of the molecule is CCC(C)c1ccccc1Oc1ncc(N)s1. The lowest BCUT2D eigenvalue weighted by atomic mass is 9.98. The van der Waals surface area contributed by atoms with Gasteiger partial charge < -0.3 is 10.5 Å². The summed E-state index contributed by atoms with van der Waals surface area (Å²) >= 11 is 1.36. The molecule has 2 N–H and O–H groups in total. The quantitative estimate of drug-likeness (QED) is 0.888. The summed E-state index contributed by atoms with van der Waals surface area (Å²) in [5.41, 5.74) is 6.84. The van der Waals surface area contributed by atoms with Crippen molar-refractivity contribution in [3.05, 3.63) is 36.0 Å². The number of nitrogens with zero attached hydrogens (tertiary/aromatic N) is 1. The number of benzene rings is 1. The summed E-state index contributed by atoms with van der Waals surface area (Å²) in [6.07, 6.45) is 2.70. The second-order valence-corrected chi connectivity index (χ2v) is 5.00. The molecule has 0 radical (unpaired) electrons. The fraction of sp³-hybridized carbons (Fsp3) is 0.308. The third kappa shape index (κ3) is 2.77. The summed E-state index contributed by atoms with van der Waals surface area (Å²) in [5.74, 6) is 1.35. The highest BCUT2D eigenvalue weighted by atomic mass is 32.1. The number of rotatable bonds is 4. The van der Waals surface area contributed by atoms with Crippen molar-refractivity contribution in [2.45, 2.75) is 26.2 Å². The van der Waals surface area contributed by atoms with Crippen molar-refractivity contribution in [3.8, 4) is 10.9 Å². The maximum Gasteiger partial charge on any atom is 0.280 e. The summed E-state index contributed by atoms with van der Waals surface area (Å²) in [5, 5.41) is 1.26. The fourth-order valence-electron chi connectivity index (χ4n) is 1.61. The smallest absolute Gasteiger partial charge is 0.280 e. The van der Waals surface area contributed by atoms with Gasteiger partial charge in [0.05, 0.1) is 6.20 Å².